The first kappa shape index (κ1) is 16.0. The molecule has 1 aliphatic rings. The Bertz CT molecular complexity index is 488. The van der Waals surface area contributed by atoms with Crippen LogP contribution in [0, 0.1) is 0 Å². The molecule has 0 aromatic carbocycles. The van der Waals surface area contributed by atoms with Crippen molar-refractivity contribution in [2.75, 3.05) is 0 Å². The van der Waals surface area contributed by atoms with E-state index in [-0.39, 0.29) is 0 Å². The molecule has 0 aromatic heterocycles. The zero-order valence-electron chi connectivity index (χ0n) is 12.4. The standard InChI is InChI=1S/C13H18N2O5/c1-12(2,3)19-10(17)7-8(14-15-9(7)16)11(18)20-13(4,5)6/h1-6H3. The molecule has 1 amide bonds. The molecule has 0 unspecified atom stereocenters. The van der Waals surface area contributed by atoms with Crippen LogP contribution in [-0.4, -0.2) is 29.0 Å². The van der Waals surface area contributed by atoms with Crippen LogP contribution in [0.4, 0.5) is 0 Å². The third-order valence-electron chi connectivity index (χ3n) is 1.89. The second kappa shape index (κ2) is 5.15. The summed E-state index contributed by atoms with van der Waals surface area (Å²) in [5, 5.41) is 6.62. The van der Waals surface area contributed by atoms with Gasteiger partial charge in [0.25, 0.3) is 0 Å². The number of esters is 2. The molecule has 0 saturated heterocycles. The van der Waals surface area contributed by atoms with E-state index in [9.17, 15) is 14.4 Å². The van der Waals surface area contributed by atoms with E-state index in [0.717, 1.165) is 0 Å². The SMILES string of the molecule is CC(C)(C)OC(=O)C1=C(C(=O)OC(C)(C)C)C(=O)N=N1. The summed E-state index contributed by atoms with van der Waals surface area (Å²) in [5.74, 6) is -2.72. The van der Waals surface area contributed by atoms with Crippen LogP contribution in [-0.2, 0) is 23.9 Å². The molecule has 0 N–H and O–H groups in total. The lowest BCUT2D eigenvalue weighted by atomic mass is 10.1. The molecule has 110 valence electrons. The Morgan fingerprint density at radius 3 is 1.75 bits per heavy atom. The summed E-state index contributed by atoms with van der Waals surface area (Å²) in [6.45, 7) is 9.91. The maximum absolute atomic E-state index is 11.9. The number of amides is 1. The van der Waals surface area contributed by atoms with Gasteiger partial charge in [0, 0.05) is 0 Å². The fourth-order valence-electron chi connectivity index (χ4n) is 1.28. The molecule has 0 aliphatic carbocycles. The first-order chi connectivity index (χ1) is 8.91. The van der Waals surface area contributed by atoms with Crippen LogP contribution in [0.15, 0.2) is 21.5 Å². The molecule has 1 aliphatic heterocycles. The smallest absolute Gasteiger partial charge is 0.360 e. The van der Waals surface area contributed by atoms with Crippen molar-refractivity contribution in [3.8, 4) is 0 Å². The summed E-state index contributed by atoms with van der Waals surface area (Å²) in [6.07, 6.45) is 0. The Labute approximate surface area is 117 Å². The van der Waals surface area contributed by atoms with Crippen molar-refractivity contribution in [1.82, 2.24) is 0 Å². The Morgan fingerprint density at radius 1 is 0.850 bits per heavy atom. The number of nitrogens with zero attached hydrogens (tertiary/aromatic N) is 2. The highest BCUT2D eigenvalue weighted by Gasteiger charge is 2.37. The Morgan fingerprint density at radius 2 is 1.30 bits per heavy atom. The van der Waals surface area contributed by atoms with Crippen LogP contribution in [0.3, 0.4) is 0 Å². The predicted molar refractivity (Wildman–Crippen MR) is 68.6 cm³/mol. The molecular formula is C13H18N2O5. The third kappa shape index (κ3) is 4.25. The van der Waals surface area contributed by atoms with Crippen LogP contribution in [0.2, 0.25) is 0 Å². The van der Waals surface area contributed by atoms with E-state index < -0.39 is 40.3 Å². The van der Waals surface area contributed by atoms with E-state index in [1.165, 1.54) is 0 Å². The lowest BCUT2D eigenvalue weighted by molar-refractivity contribution is -0.154. The highest BCUT2D eigenvalue weighted by Crippen LogP contribution is 2.23. The maximum atomic E-state index is 11.9. The van der Waals surface area contributed by atoms with Gasteiger partial charge in [0.15, 0.2) is 11.3 Å². The second-order valence-corrected chi connectivity index (χ2v) is 6.23. The van der Waals surface area contributed by atoms with Gasteiger partial charge in [-0.1, -0.05) is 0 Å². The van der Waals surface area contributed by atoms with Crippen LogP contribution in [0.1, 0.15) is 41.5 Å². The lowest BCUT2D eigenvalue weighted by Crippen LogP contribution is -2.29. The molecule has 0 bridgehead atoms. The van der Waals surface area contributed by atoms with Crippen molar-refractivity contribution in [1.29, 1.82) is 0 Å². The minimum atomic E-state index is -0.937. The van der Waals surface area contributed by atoms with Gasteiger partial charge >= 0.3 is 17.8 Å². The molecule has 0 saturated carbocycles. The maximum Gasteiger partial charge on any atom is 0.360 e. The normalized spacial score (nSPS) is 15.6. The van der Waals surface area contributed by atoms with Crippen molar-refractivity contribution in [3.05, 3.63) is 11.3 Å². The van der Waals surface area contributed by atoms with E-state index in [0.29, 0.717) is 0 Å². The number of carbonyl (C=O) groups excluding carboxylic acids is 3. The second-order valence-electron chi connectivity index (χ2n) is 6.23. The molecule has 20 heavy (non-hydrogen) atoms. The van der Waals surface area contributed by atoms with E-state index in [2.05, 4.69) is 10.2 Å². The van der Waals surface area contributed by atoms with E-state index >= 15 is 0 Å². The summed E-state index contributed by atoms with van der Waals surface area (Å²) in [5.41, 5.74) is -2.48. The molecule has 7 nitrogen and oxygen atoms in total. The molecule has 1 rings (SSSR count). The first-order valence-corrected chi connectivity index (χ1v) is 6.08. The Hall–Kier alpha value is -2.05. The monoisotopic (exact) mass is 282 g/mol. The van der Waals surface area contributed by atoms with E-state index in [1.807, 2.05) is 0 Å². The summed E-state index contributed by atoms with van der Waals surface area (Å²) in [7, 11) is 0. The summed E-state index contributed by atoms with van der Waals surface area (Å²) < 4.78 is 10.1. The number of hydrogen-bond acceptors (Lipinski definition) is 6. The van der Waals surface area contributed by atoms with Gasteiger partial charge < -0.3 is 9.47 Å². The van der Waals surface area contributed by atoms with Crippen LogP contribution in [0.5, 0.6) is 0 Å². The van der Waals surface area contributed by atoms with Crippen LogP contribution < -0.4 is 0 Å². The zero-order chi connectivity index (χ0) is 15.7. The number of hydrogen-bond donors (Lipinski definition) is 0. The number of rotatable bonds is 2. The van der Waals surface area contributed by atoms with Crippen molar-refractivity contribution in [2.24, 2.45) is 10.2 Å². The van der Waals surface area contributed by atoms with E-state index in [1.54, 1.807) is 41.5 Å². The topological polar surface area (TPSA) is 94.4 Å². The minimum Gasteiger partial charge on any atom is -0.456 e. The summed E-state index contributed by atoms with van der Waals surface area (Å²) >= 11 is 0. The van der Waals surface area contributed by atoms with Gasteiger partial charge in [-0.15, -0.1) is 10.2 Å². The Balaban J connectivity index is 3.06. The summed E-state index contributed by atoms with van der Waals surface area (Å²) in [4.78, 5) is 35.4. The molecule has 0 radical (unpaired) electrons. The third-order valence-corrected chi connectivity index (χ3v) is 1.89. The highest BCUT2D eigenvalue weighted by atomic mass is 16.6. The molecule has 7 heteroatoms. The highest BCUT2D eigenvalue weighted by molar-refractivity contribution is 6.22. The quantitative estimate of drug-likeness (QED) is 0.569. The van der Waals surface area contributed by atoms with Crippen molar-refractivity contribution in [3.63, 3.8) is 0 Å². The minimum absolute atomic E-state index is 0.417. The summed E-state index contributed by atoms with van der Waals surface area (Å²) in [6, 6.07) is 0. The fraction of sp³-hybridized carbons (Fsp3) is 0.615. The molecule has 0 atom stereocenters. The fourth-order valence-corrected chi connectivity index (χ4v) is 1.28. The van der Waals surface area contributed by atoms with Crippen LogP contribution in [0.25, 0.3) is 0 Å². The number of ether oxygens (including phenoxy) is 2. The zero-order valence-corrected chi connectivity index (χ0v) is 12.4. The van der Waals surface area contributed by atoms with E-state index in [4.69, 9.17) is 9.47 Å². The number of azo groups is 1. The predicted octanol–water partition coefficient (Wildman–Crippen LogP) is 1.92. The first-order valence-electron chi connectivity index (χ1n) is 6.08. The molecule has 0 aromatic rings. The van der Waals surface area contributed by atoms with Gasteiger partial charge in [-0.2, -0.15) is 0 Å². The number of carbonyl (C=O) groups is 3. The van der Waals surface area contributed by atoms with Crippen molar-refractivity contribution >= 4 is 17.8 Å². The van der Waals surface area contributed by atoms with Crippen LogP contribution >= 0.6 is 0 Å². The van der Waals surface area contributed by atoms with Gasteiger partial charge in [0.05, 0.1) is 0 Å². The van der Waals surface area contributed by atoms with Crippen molar-refractivity contribution in [2.45, 2.75) is 52.7 Å². The average Bonchev–Trinajstić information content (AvgIpc) is 2.54. The Kier molecular flexibility index (Phi) is 4.12. The van der Waals surface area contributed by atoms with Gasteiger partial charge in [-0.05, 0) is 41.5 Å². The molecule has 0 fully saturated rings. The average molecular weight is 282 g/mol. The molecule has 1 heterocycles. The molecular weight excluding hydrogens is 264 g/mol. The van der Waals surface area contributed by atoms with Gasteiger partial charge in [-0.25, -0.2) is 9.59 Å². The molecule has 0 spiro atoms. The lowest BCUT2D eigenvalue weighted by Gasteiger charge is -2.20. The van der Waals surface area contributed by atoms with Crippen molar-refractivity contribution < 1.29 is 23.9 Å². The van der Waals surface area contributed by atoms with Gasteiger partial charge in [0.2, 0.25) is 0 Å². The van der Waals surface area contributed by atoms with Gasteiger partial charge in [0.1, 0.15) is 11.2 Å². The van der Waals surface area contributed by atoms with Gasteiger partial charge in [-0.3, -0.25) is 4.79 Å². The largest absolute Gasteiger partial charge is 0.456 e.